The molecule has 4 rings (SSSR count). The Kier molecular flexibility index (Phi) is 6.93. The van der Waals surface area contributed by atoms with Crippen molar-refractivity contribution in [2.75, 3.05) is 39.0 Å². The number of amides is 2. The lowest BCUT2D eigenvalue weighted by atomic mass is 10.0. The number of nitrogens with two attached hydrogens (primary N) is 1. The highest BCUT2D eigenvalue weighted by Gasteiger charge is 2.50. The zero-order valence-electron chi connectivity index (χ0n) is 19.2. The average Bonchev–Trinajstić information content (AvgIpc) is 3.37. The van der Waals surface area contributed by atoms with Crippen LogP contribution in [0.1, 0.15) is 11.1 Å². The molecule has 0 aliphatic carbocycles. The van der Waals surface area contributed by atoms with Crippen LogP contribution in [0.25, 0.3) is 11.2 Å². The van der Waals surface area contributed by atoms with Crippen molar-refractivity contribution in [2.24, 2.45) is 0 Å². The number of likely N-dealkylation sites (N-methyl/N-ethyl adjacent to an activating group) is 1. The quantitative estimate of drug-likeness (QED) is 0.293. The Bertz CT molecular complexity index is 1150. The number of fused-ring (bicyclic) bond motifs is 1. The minimum Gasteiger partial charge on any atom is -0.385 e. The number of rotatable bonds is 8. The van der Waals surface area contributed by atoms with Gasteiger partial charge in [0.15, 0.2) is 17.2 Å². The van der Waals surface area contributed by atoms with E-state index >= 15 is 0 Å². The number of nitrogens with one attached hydrogen (secondary N) is 2. The van der Waals surface area contributed by atoms with Crippen molar-refractivity contribution >= 4 is 23.0 Å². The second-order valence-electron chi connectivity index (χ2n) is 8.58. The van der Waals surface area contributed by atoms with Gasteiger partial charge in [-0.05, 0) is 19.5 Å². The van der Waals surface area contributed by atoms with Gasteiger partial charge >= 0.3 is 6.03 Å². The molecule has 3 aromatic rings. The van der Waals surface area contributed by atoms with Crippen molar-refractivity contribution in [1.29, 1.82) is 0 Å². The predicted molar refractivity (Wildman–Crippen MR) is 125 cm³/mol. The van der Waals surface area contributed by atoms with Gasteiger partial charge in [-0.3, -0.25) is 4.57 Å². The molecule has 0 bridgehead atoms. The molecule has 2 amide bonds. The number of hydrogen-bond acceptors (Lipinski definition) is 9. The number of urea groups is 1. The molecule has 6 N–H and O–H groups in total. The second kappa shape index (κ2) is 9.89. The summed E-state index contributed by atoms with van der Waals surface area (Å²) in [7, 11) is 1.85. The molecule has 12 heteroatoms. The summed E-state index contributed by atoms with van der Waals surface area (Å²) < 4.78 is 7.08. The molecule has 1 fully saturated rings. The third-order valence-corrected chi connectivity index (χ3v) is 5.92. The van der Waals surface area contributed by atoms with Gasteiger partial charge in [-0.1, -0.05) is 29.8 Å². The molecule has 0 unspecified atom stereocenters. The number of ether oxygens (including phenoxy) is 1. The van der Waals surface area contributed by atoms with E-state index in [4.69, 9.17) is 10.5 Å². The SMILES string of the molecule is Cc1cccc(CNC(=O)NCCN(C)C[C@H]2OC[C@](O)(n3cnc4c(N)ncnc43)[C@@H]2O)c1. The molecule has 3 heterocycles. The fourth-order valence-corrected chi connectivity index (χ4v) is 4.03. The smallest absolute Gasteiger partial charge is 0.315 e. The number of nitrogens with zero attached hydrogens (tertiary/aromatic N) is 5. The van der Waals surface area contributed by atoms with Gasteiger partial charge in [-0.25, -0.2) is 19.7 Å². The Balaban J connectivity index is 1.25. The molecule has 34 heavy (non-hydrogen) atoms. The van der Waals surface area contributed by atoms with E-state index in [0.717, 1.165) is 11.1 Å². The number of hydrogen-bond donors (Lipinski definition) is 5. The van der Waals surface area contributed by atoms with Crippen LogP contribution in [0.2, 0.25) is 0 Å². The minimum atomic E-state index is -1.74. The maximum atomic E-state index is 12.1. The number of nitrogen functional groups attached to an aromatic ring is 1. The van der Waals surface area contributed by atoms with Gasteiger partial charge < -0.3 is 36.2 Å². The van der Waals surface area contributed by atoms with E-state index in [2.05, 4.69) is 25.6 Å². The number of anilines is 1. The maximum Gasteiger partial charge on any atom is 0.315 e. The first-order valence-corrected chi connectivity index (χ1v) is 11.0. The Morgan fingerprint density at radius 2 is 2.18 bits per heavy atom. The minimum absolute atomic E-state index is 0.137. The van der Waals surface area contributed by atoms with Crippen LogP contribution >= 0.6 is 0 Å². The molecule has 1 aromatic carbocycles. The van der Waals surface area contributed by atoms with Crippen LogP contribution in [-0.4, -0.2) is 86.2 Å². The maximum absolute atomic E-state index is 12.1. The van der Waals surface area contributed by atoms with Crippen LogP contribution in [-0.2, 0) is 17.0 Å². The lowest BCUT2D eigenvalue weighted by molar-refractivity contribution is -0.108. The first-order chi connectivity index (χ1) is 16.3. The highest BCUT2D eigenvalue weighted by molar-refractivity contribution is 5.81. The Labute approximate surface area is 196 Å². The fourth-order valence-electron chi connectivity index (χ4n) is 4.03. The van der Waals surface area contributed by atoms with Crippen LogP contribution in [0.4, 0.5) is 10.6 Å². The number of benzene rings is 1. The average molecular weight is 471 g/mol. The molecular weight excluding hydrogens is 440 g/mol. The van der Waals surface area contributed by atoms with E-state index in [1.54, 1.807) is 0 Å². The molecular formula is C22H30N8O4. The first kappa shape index (κ1) is 23.8. The van der Waals surface area contributed by atoms with Crippen LogP contribution in [0.15, 0.2) is 36.9 Å². The number of aryl methyl sites for hydroxylation is 1. The summed E-state index contributed by atoms with van der Waals surface area (Å²) in [6, 6.07) is 7.70. The fraction of sp³-hybridized carbons (Fsp3) is 0.455. The monoisotopic (exact) mass is 470 g/mol. The third-order valence-electron chi connectivity index (χ3n) is 5.92. The van der Waals surface area contributed by atoms with Gasteiger partial charge in [0.1, 0.15) is 24.1 Å². The number of aromatic nitrogens is 4. The molecule has 0 saturated carbocycles. The van der Waals surface area contributed by atoms with Gasteiger partial charge in [-0.15, -0.1) is 0 Å². The lowest BCUT2D eigenvalue weighted by Gasteiger charge is -2.29. The topological polar surface area (TPSA) is 164 Å². The molecule has 182 valence electrons. The summed E-state index contributed by atoms with van der Waals surface area (Å²) in [6.07, 6.45) is 0.764. The van der Waals surface area contributed by atoms with E-state index in [0.29, 0.717) is 37.3 Å². The van der Waals surface area contributed by atoms with Crippen LogP contribution in [0.3, 0.4) is 0 Å². The summed E-state index contributed by atoms with van der Waals surface area (Å²) in [5.41, 5.74) is 6.91. The second-order valence-corrected chi connectivity index (χ2v) is 8.58. The van der Waals surface area contributed by atoms with E-state index in [1.807, 2.05) is 43.1 Å². The van der Waals surface area contributed by atoms with Crippen molar-refractivity contribution in [3.63, 3.8) is 0 Å². The number of imidazole rings is 1. The van der Waals surface area contributed by atoms with Crippen LogP contribution < -0.4 is 16.4 Å². The van der Waals surface area contributed by atoms with E-state index in [1.165, 1.54) is 17.2 Å². The van der Waals surface area contributed by atoms with Crippen molar-refractivity contribution in [3.8, 4) is 0 Å². The molecule has 1 aliphatic heterocycles. The first-order valence-electron chi connectivity index (χ1n) is 11.0. The zero-order valence-corrected chi connectivity index (χ0v) is 19.2. The predicted octanol–water partition coefficient (Wildman–Crippen LogP) is -0.447. The Hall–Kier alpha value is -3.32. The summed E-state index contributed by atoms with van der Waals surface area (Å²) >= 11 is 0. The standard InChI is InChI=1S/C22H30N8O4/c1-14-4-3-5-15(8-14)9-25-21(32)24-6-7-29(2)10-16-18(31)22(33,11-34-16)30-13-28-17-19(23)26-12-27-20(17)30/h3-5,8,12-13,16,18,31,33H,6-7,9-11H2,1-2H3,(H2,23,26,27)(H2,24,25,32)/t16-,18-,22-/m1/s1. The van der Waals surface area contributed by atoms with Gasteiger partial charge in [-0.2, -0.15) is 0 Å². The summed E-state index contributed by atoms with van der Waals surface area (Å²) in [5.74, 6) is 0.187. The number of aliphatic hydroxyl groups is 2. The number of carbonyl (C=O) groups excluding carboxylic acids is 1. The van der Waals surface area contributed by atoms with Crippen LogP contribution in [0.5, 0.6) is 0 Å². The molecule has 0 radical (unpaired) electrons. The summed E-state index contributed by atoms with van der Waals surface area (Å²) in [4.78, 5) is 26.1. The summed E-state index contributed by atoms with van der Waals surface area (Å²) in [6.45, 7) is 3.60. The van der Waals surface area contributed by atoms with E-state index in [-0.39, 0.29) is 18.5 Å². The van der Waals surface area contributed by atoms with Gasteiger partial charge in [0.25, 0.3) is 0 Å². The van der Waals surface area contributed by atoms with Gasteiger partial charge in [0.05, 0.1) is 12.9 Å². The largest absolute Gasteiger partial charge is 0.385 e. The Morgan fingerprint density at radius 1 is 1.35 bits per heavy atom. The lowest BCUT2D eigenvalue weighted by Crippen LogP contribution is -2.49. The molecule has 1 saturated heterocycles. The van der Waals surface area contributed by atoms with Crippen molar-refractivity contribution in [1.82, 2.24) is 35.1 Å². The zero-order chi connectivity index (χ0) is 24.3. The molecule has 1 aliphatic rings. The third kappa shape index (κ3) is 4.94. The molecule has 0 spiro atoms. The number of aliphatic hydroxyl groups excluding tert-OH is 1. The molecule has 2 aromatic heterocycles. The van der Waals surface area contributed by atoms with Crippen LogP contribution in [0, 0.1) is 6.92 Å². The molecule has 12 nitrogen and oxygen atoms in total. The number of carbonyl (C=O) groups is 1. The van der Waals surface area contributed by atoms with E-state index in [9.17, 15) is 15.0 Å². The van der Waals surface area contributed by atoms with Crippen molar-refractivity contribution < 1.29 is 19.7 Å². The summed E-state index contributed by atoms with van der Waals surface area (Å²) in [5, 5.41) is 27.7. The normalized spacial score (nSPS) is 22.4. The highest BCUT2D eigenvalue weighted by Crippen LogP contribution is 2.32. The molecule has 3 atom stereocenters. The van der Waals surface area contributed by atoms with Crippen molar-refractivity contribution in [2.45, 2.75) is 31.4 Å². The van der Waals surface area contributed by atoms with Gasteiger partial charge in [0.2, 0.25) is 0 Å². The Morgan fingerprint density at radius 3 is 2.97 bits per heavy atom. The highest BCUT2D eigenvalue weighted by atomic mass is 16.5. The van der Waals surface area contributed by atoms with E-state index < -0.39 is 17.9 Å². The van der Waals surface area contributed by atoms with Crippen molar-refractivity contribution in [3.05, 3.63) is 48.0 Å². The van der Waals surface area contributed by atoms with Gasteiger partial charge in [0, 0.05) is 26.2 Å².